The lowest BCUT2D eigenvalue weighted by molar-refractivity contribution is 0.0828. The van der Waals surface area contributed by atoms with Crippen LogP contribution in [-0.4, -0.2) is 24.9 Å². The van der Waals surface area contributed by atoms with E-state index in [9.17, 15) is 4.79 Å². The number of nitrogens with one attached hydrogen (secondary N) is 1. The maximum Gasteiger partial charge on any atom is 0.255 e. The molecular formula is C29H26N2O. The van der Waals surface area contributed by atoms with Gasteiger partial charge in [0, 0.05) is 20.0 Å². The molecule has 0 saturated heterocycles. The minimum Gasteiger partial charge on any atom is -0.377 e. The highest BCUT2D eigenvalue weighted by Gasteiger charge is 2.40. The zero-order valence-corrected chi connectivity index (χ0v) is 18.4. The molecule has 0 aromatic heterocycles. The van der Waals surface area contributed by atoms with Crippen LogP contribution < -0.4 is 5.32 Å². The molecule has 1 aliphatic heterocycles. The summed E-state index contributed by atoms with van der Waals surface area (Å²) in [4.78, 5) is 14.7. The van der Waals surface area contributed by atoms with Crippen LogP contribution in [0, 0.1) is 5.92 Å². The molecule has 0 spiro atoms. The third kappa shape index (κ3) is 2.77. The lowest BCUT2D eigenvalue weighted by atomic mass is 9.74. The summed E-state index contributed by atoms with van der Waals surface area (Å²) in [6.45, 7) is 0. The number of hydrogen-bond donors (Lipinski definition) is 1. The summed E-state index contributed by atoms with van der Waals surface area (Å²) in [5, 5.41) is 8.98. The van der Waals surface area contributed by atoms with Crippen LogP contribution in [0.3, 0.4) is 0 Å². The van der Waals surface area contributed by atoms with E-state index in [1.807, 2.05) is 26.2 Å². The van der Waals surface area contributed by atoms with Gasteiger partial charge in [-0.15, -0.1) is 0 Å². The average Bonchev–Trinajstić information content (AvgIpc) is 3.31. The number of rotatable bonds is 2. The molecule has 0 bridgehead atoms. The molecule has 2 aliphatic rings. The molecular weight excluding hydrogens is 392 g/mol. The molecule has 0 saturated carbocycles. The molecule has 3 atom stereocenters. The van der Waals surface area contributed by atoms with Crippen LogP contribution in [0.1, 0.15) is 39.9 Å². The molecule has 4 aromatic rings. The van der Waals surface area contributed by atoms with Crippen LogP contribution >= 0.6 is 0 Å². The molecule has 32 heavy (non-hydrogen) atoms. The molecule has 158 valence electrons. The van der Waals surface area contributed by atoms with Gasteiger partial charge in [0.1, 0.15) is 0 Å². The number of allylic oxidation sites excluding steroid dienone is 2. The van der Waals surface area contributed by atoms with Crippen molar-refractivity contribution in [1.82, 2.24) is 4.90 Å². The molecule has 1 amide bonds. The van der Waals surface area contributed by atoms with Gasteiger partial charge in [-0.3, -0.25) is 4.79 Å². The minimum atomic E-state index is 0.0382. The van der Waals surface area contributed by atoms with Crippen molar-refractivity contribution < 1.29 is 4.79 Å². The molecule has 3 nitrogen and oxygen atoms in total. The Labute approximate surface area is 188 Å². The zero-order valence-electron chi connectivity index (χ0n) is 18.4. The molecule has 0 radical (unpaired) electrons. The van der Waals surface area contributed by atoms with Crippen molar-refractivity contribution in [3.05, 3.63) is 102 Å². The highest BCUT2D eigenvalue weighted by atomic mass is 16.2. The van der Waals surface area contributed by atoms with Crippen LogP contribution in [0.15, 0.2) is 84.9 Å². The Morgan fingerprint density at radius 2 is 1.59 bits per heavy atom. The topological polar surface area (TPSA) is 32.3 Å². The molecule has 1 aliphatic carbocycles. The molecule has 1 heterocycles. The predicted molar refractivity (Wildman–Crippen MR) is 132 cm³/mol. The van der Waals surface area contributed by atoms with E-state index in [4.69, 9.17) is 0 Å². The van der Waals surface area contributed by atoms with Gasteiger partial charge >= 0.3 is 0 Å². The number of benzene rings is 4. The summed E-state index contributed by atoms with van der Waals surface area (Å²) in [6.07, 6.45) is 5.69. The Bertz CT molecular complexity index is 1350. The third-order valence-electron chi connectivity index (χ3n) is 7.16. The molecule has 0 fully saturated rings. The fourth-order valence-electron chi connectivity index (χ4n) is 5.71. The Morgan fingerprint density at radius 1 is 0.906 bits per heavy atom. The third-order valence-corrected chi connectivity index (χ3v) is 7.16. The second-order valence-corrected chi connectivity index (χ2v) is 9.18. The van der Waals surface area contributed by atoms with Crippen molar-refractivity contribution >= 4 is 33.1 Å². The number of anilines is 1. The van der Waals surface area contributed by atoms with Crippen molar-refractivity contribution in [2.24, 2.45) is 5.92 Å². The summed E-state index contributed by atoms with van der Waals surface area (Å²) in [7, 11) is 3.64. The normalized spacial score (nSPS) is 21.2. The van der Waals surface area contributed by atoms with E-state index in [-0.39, 0.29) is 11.9 Å². The van der Waals surface area contributed by atoms with Gasteiger partial charge in [-0.05, 0) is 57.1 Å². The van der Waals surface area contributed by atoms with E-state index < -0.39 is 0 Å². The lowest BCUT2D eigenvalue weighted by Crippen LogP contribution is -2.32. The number of amides is 1. The van der Waals surface area contributed by atoms with Crippen LogP contribution in [0.5, 0.6) is 0 Å². The monoisotopic (exact) mass is 418 g/mol. The van der Waals surface area contributed by atoms with Crippen molar-refractivity contribution in [3.63, 3.8) is 0 Å². The van der Waals surface area contributed by atoms with Gasteiger partial charge in [0.25, 0.3) is 5.91 Å². The van der Waals surface area contributed by atoms with Gasteiger partial charge in [0.15, 0.2) is 0 Å². The predicted octanol–water partition coefficient (Wildman–Crippen LogP) is 6.52. The fourth-order valence-corrected chi connectivity index (χ4v) is 5.71. The summed E-state index contributed by atoms with van der Waals surface area (Å²) in [5.41, 5.74) is 4.31. The van der Waals surface area contributed by atoms with Gasteiger partial charge < -0.3 is 10.2 Å². The van der Waals surface area contributed by atoms with Crippen molar-refractivity contribution in [2.75, 3.05) is 19.4 Å². The zero-order chi connectivity index (χ0) is 21.8. The van der Waals surface area contributed by atoms with E-state index in [1.54, 1.807) is 4.90 Å². The highest BCUT2D eigenvalue weighted by molar-refractivity contribution is 6.04. The first kappa shape index (κ1) is 19.1. The average molecular weight is 419 g/mol. The maximum atomic E-state index is 13.0. The van der Waals surface area contributed by atoms with E-state index >= 15 is 0 Å². The fraction of sp³-hybridized carbons (Fsp3) is 0.207. The first-order valence-electron chi connectivity index (χ1n) is 11.3. The van der Waals surface area contributed by atoms with E-state index in [0.717, 1.165) is 17.7 Å². The Morgan fingerprint density at radius 3 is 2.28 bits per heavy atom. The minimum absolute atomic E-state index is 0.0382. The second kappa shape index (κ2) is 7.23. The second-order valence-electron chi connectivity index (χ2n) is 9.18. The summed E-state index contributed by atoms with van der Waals surface area (Å²) in [6, 6.07) is 25.9. The SMILES string of the molecule is CN(C)C(=O)c1cccc2c1NC(c1c3ccccc3cc3ccccc13)C1CC=CC21. The van der Waals surface area contributed by atoms with Crippen LogP contribution in [0.2, 0.25) is 0 Å². The lowest BCUT2D eigenvalue weighted by Gasteiger charge is -2.39. The Hall–Kier alpha value is -3.59. The molecule has 4 aromatic carbocycles. The first-order valence-corrected chi connectivity index (χ1v) is 11.3. The molecule has 3 heteroatoms. The number of carbonyl (C=O) groups is 1. The standard InChI is InChI=1S/C29H26N2O/c1-31(2)29(32)25-16-8-14-23-22-13-7-15-24(22)28(30-27(23)25)26-20-11-5-3-9-18(20)17-19-10-4-6-12-21(19)26/h3-14,16-17,22,24,28,30H,15H2,1-2H3. The van der Waals surface area contributed by atoms with Gasteiger partial charge in [-0.25, -0.2) is 0 Å². The van der Waals surface area contributed by atoms with Crippen LogP contribution in [0.4, 0.5) is 5.69 Å². The summed E-state index contributed by atoms with van der Waals surface area (Å²) < 4.78 is 0. The van der Waals surface area contributed by atoms with E-state index in [1.165, 1.54) is 32.7 Å². The van der Waals surface area contributed by atoms with Gasteiger partial charge in [0.2, 0.25) is 0 Å². The quantitative estimate of drug-likeness (QED) is 0.297. The van der Waals surface area contributed by atoms with E-state index in [2.05, 4.69) is 78.1 Å². The number of fused-ring (bicyclic) bond motifs is 5. The smallest absolute Gasteiger partial charge is 0.255 e. The Kier molecular flexibility index (Phi) is 4.32. The van der Waals surface area contributed by atoms with Crippen molar-refractivity contribution in [3.8, 4) is 0 Å². The van der Waals surface area contributed by atoms with Crippen molar-refractivity contribution in [2.45, 2.75) is 18.4 Å². The summed E-state index contributed by atoms with van der Waals surface area (Å²) >= 11 is 0. The van der Waals surface area contributed by atoms with E-state index in [0.29, 0.717) is 11.8 Å². The Balaban J connectivity index is 1.62. The largest absolute Gasteiger partial charge is 0.377 e. The molecule has 6 rings (SSSR count). The molecule has 3 unspecified atom stereocenters. The van der Waals surface area contributed by atoms with Crippen LogP contribution in [-0.2, 0) is 0 Å². The van der Waals surface area contributed by atoms with Crippen LogP contribution in [0.25, 0.3) is 21.5 Å². The van der Waals surface area contributed by atoms with Crippen molar-refractivity contribution in [1.29, 1.82) is 0 Å². The number of hydrogen-bond acceptors (Lipinski definition) is 2. The highest BCUT2D eigenvalue weighted by Crippen LogP contribution is 2.52. The first-order chi connectivity index (χ1) is 15.6. The van der Waals surface area contributed by atoms with Gasteiger partial charge in [-0.2, -0.15) is 0 Å². The molecule has 1 N–H and O–H groups in total. The van der Waals surface area contributed by atoms with Gasteiger partial charge in [-0.1, -0.05) is 72.8 Å². The number of nitrogens with zero attached hydrogens (tertiary/aromatic N) is 1. The van der Waals surface area contributed by atoms with Gasteiger partial charge in [0.05, 0.1) is 17.3 Å². The summed E-state index contributed by atoms with van der Waals surface area (Å²) in [5.74, 6) is 0.765. The maximum absolute atomic E-state index is 13.0. The number of carbonyl (C=O) groups excluding carboxylic acids is 1. The number of para-hydroxylation sites is 1.